The van der Waals surface area contributed by atoms with Crippen LogP contribution in [0.4, 0.5) is 0 Å². The highest BCUT2D eigenvalue weighted by Crippen LogP contribution is 2.28. The average molecular weight is 566 g/mol. The summed E-state index contributed by atoms with van der Waals surface area (Å²) in [5.74, 6) is 1.21. The number of unbranched alkanes of at least 4 members (excludes halogenated alkanes) is 1. The molecule has 212 valence electrons. The van der Waals surface area contributed by atoms with E-state index in [2.05, 4.69) is 11.0 Å². The number of hydrogen-bond acceptors (Lipinski definition) is 7. The zero-order valence-corrected chi connectivity index (χ0v) is 24.9. The molecule has 3 rings (SSSR count). The van der Waals surface area contributed by atoms with Gasteiger partial charge >= 0.3 is 0 Å². The second-order valence-corrected chi connectivity index (χ2v) is 12.9. The van der Waals surface area contributed by atoms with Gasteiger partial charge in [-0.05, 0) is 80.4 Å². The number of methoxy groups -OCH3 is 2. The van der Waals surface area contributed by atoms with Crippen molar-refractivity contribution in [3.63, 3.8) is 0 Å². The summed E-state index contributed by atoms with van der Waals surface area (Å²) in [5, 5.41) is 2.03. The van der Waals surface area contributed by atoms with Gasteiger partial charge in [0, 0.05) is 24.5 Å². The third kappa shape index (κ3) is 8.69. The summed E-state index contributed by atoms with van der Waals surface area (Å²) in [4.78, 5) is 18.9. The lowest BCUT2D eigenvalue weighted by Crippen LogP contribution is -2.46. The molecule has 1 aromatic heterocycles. The van der Waals surface area contributed by atoms with Crippen LogP contribution in [-0.2, 0) is 27.8 Å². The number of carbonyl (C=O) groups is 1. The average Bonchev–Trinajstić information content (AvgIpc) is 3.58. The Balaban J connectivity index is 1.77. The van der Waals surface area contributed by atoms with Crippen LogP contribution in [0.3, 0.4) is 0 Å². The number of nitrogens with zero attached hydrogens (tertiary/aromatic N) is 3. The molecule has 1 aliphatic rings. The van der Waals surface area contributed by atoms with E-state index in [4.69, 9.17) is 9.47 Å². The predicted molar refractivity (Wildman–Crippen MR) is 154 cm³/mol. The van der Waals surface area contributed by atoms with Gasteiger partial charge in [-0.15, -0.1) is 11.3 Å². The minimum Gasteiger partial charge on any atom is -0.493 e. The molecule has 0 saturated carbocycles. The quantitative estimate of drug-likeness (QED) is 0.304. The van der Waals surface area contributed by atoms with Crippen molar-refractivity contribution in [3.05, 3.63) is 45.6 Å². The van der Waals surface area contributed by atoms with Crippen LogP contribution in [0, 0.1) is 6.92 Å². The summed E-state index contributed by atoms with van der Waals surface area (Å²) >= 11 is 1.62. The molecule has 1 saturated heterocycles. The second kappa shape index (κ2) is 14.9. The molecule has 1 fully saturated rings. The highest BCUT2D eigenvalue weighted by molar-refractivity contribution is 7.89. The van der Waals surface area contributed by atoms with Crippen LogP contribution in [-0.4, -0.2) is 87.7 Å². The van der Waals surface area contributed by atoms with Crippen molar-refractivity contribution in [1.29, 1.82) is 0 Å². The molecule has 0 N–H and O–H groups in total. The normalized spacial score (nSPS) is 14.2. The van der Waals surface area contributed by atoms with Crippen LogP contribution in [0.2, 0.25) is 0 Å². The van der Waals surface area contributed by atoms with E-state index in [-0.39, 0.29) is 18.2 Å². The molecule has 1 aromatic carbocycles. The van der Waals surface area contributed by atoms with Crippen molar-refractivity contribution >= 4 is 27.3 Å². The minimum atomic E-state index is -3.53. The van der Waals surface area contributed by atoms with E-state index in [0.29, 0.717) is 50.5 Å². The highest BCUT2D eigenvalue weighted by atomic mass is 32.2. The molecule has 2 heterocycles. The summed E-state index contributed by atoms with van der Waals surface area (Å²) in [6.07, 6.45) is 4.29. The first-order chi connectivity index (χ1) is 18.3. The van der Waals surface area contributed by atoms with Crippen LogP contribution < -0.4 is 9.47 Å². The number of thiophene rings is 1. The Morgan fingerprint density at radius 3 is 2.45 bits per heavy atom. The molecular weight excluding hydrogens is 522 g/mol. The van der Waals surface area contributed by atoms with Crippen molar-refractivity contribution in [1.82, 2.24) is 14.1 Å². The van der Waals surface area contributed by atoms with Gasteiger partial charge in [-0.25, -0.2) is 8.42 Å². The second-order valence-electron chi connectivity index (χ2n) is 9.83. The summed E-state index contributed by atoms with van der Waals surface area (Å²) < 4.78 is 38.7. The maximum atomic E-state index is 13.7. The van der Waals surface area contributed by atoms with Gasteiger partial charge in [-0.3, -0.25) is 4.79 Å². The number of likely N-dealkylation sites (tertiary alicyclic amines) is 1. The van der Waals surface area contributed by atoms with E-state index in [1.165, 1.54) is 4.31 Å². The molecule has 8 nitrogen and oxygen atoms in total. The maximum Gasteiger partial charge on any atom is 0.238 e. The Kier molecular flexibility index (Phi) is 11.9. The molecule has 2 aromatic rings. The van der Waals surface area contributed by atoms with E-state index in [1.54, 1.807) is 30.5 Å². The van der Waals surface area contributed by atoms with E-state index < -0.39 is 10.0 Å². The van der Waals surface area contributed by atoms with Crippen molar-refractivity contribution < 1.29 is 22.7 Å². The standard InChI is InChI=1S/C28H43N3O5S2/c1-5-6-19-38(33,34)31(17-16-29-13-7-8-14-29)22-28(32)30(21-27-23(2)12-18-37-27)15-11-24-9-10-25(35-3)26(20-24)36-4/h9-10,12,18,20H,5-8,11,13-17,19,21-22H2,1-4H3. The lowest BCUT2D eigenvalue weighted by Gasteiger charge is -2.28. The Morgan fingerprint density at radius 2 is 1.82 bits per heavy atom. The predicted octanol–water partition coefficient (Wildman–Crippen LogP) is 4.17. The maximum absolute atomic E-state index is 13.7. The van der Waals surface area contributed by atoms with E-state index in [1.807, 2.05) is 37.4 Å². The summed E-state index contributed by atoms with van der Waals surface area (Å²) in [5.41, 5.74) is 2.16. The Labute approximate surface area is 232 Å². The minimum absolute atomic E-state index is 0.0758. The molecule has 0 unspecified atom stereocenters. The fraction of sp³-hybridized carbons (Fsp3) is 0.607. The van der Waals surface area contributed by atoms with E-state index >= 15 is 0 Å². The van der Waals surface area contributed by atoms with Crippen LogP contribution in [0.25, 0.3) is 0 Å². The molecule has 1 amide bonds. The highest BCUT2D eigenvalue weighted by Gasteiger charge is 2.28. The Hall–Kier alpha value is -2.14. The number of rotatable bonds is 16. The van der Waals surface area contributed by atoms with Crippen molar-refractivity contribution in [2.24, 2.45) is 0 Å². The molecule has 0 spiro atoms. The third-order valence-electron chi connectivity index (χ3n) is 7.10. The van der Waals surface area contributed by atoms with Gasteiger partial charge in [0.1, 0.15) is 0 Å². The van der Waals surface area contributed by atoms with Crippen molar-refractivity contribution in [2.75, 3.05) is 59.2 Å². The topological polar surface area (TPSA) is 79.4 Å². The third-order valence-corrected chi connectivity index (χ3v) is 10.0. The molecular formula is C28H43N3O5S2. The van der Waals surface area contributed by atoms with Crippen molar-refractivity contribution in [2.45, 2.75) is 52.5 Å². The lowest BCUT2D eigenvalue weighted by molar-refractivity contribution is -0.132. The van der Waals surface area contributed by atoms with Crippen LogP contribution in [0.15, 0.2) is 29.6 Å². The number of carbonyl (C=O) groups excluding carboxylic acids is 1. The largest absolute Gasteiger partial charge is 0.493 e. The number of sulfonamides is 1. The molecule has 0 atom stereocenters. The number of ether oxygens (including phenoxy) is 2. The molecule has 38 heavy (non-hydrogen) atoms. The molecule has 10 heteroatoms. The number of aryl methyl sites for hydroxylation is 1. The van der Waals surface area contributed by atoms with Gasteiger partial charge in [0.2, 0.25) is 15.9 Å². The van der Waals surface area contributed by atoms with Gasteiger partial charge in [0.25, 0.3) is 0 Å². The van der Waals surface area contributed by atoms with Gasteiger partial charge in [0.15, 0.2) is 11.5 Å². The van der Waals surface area contributed by atoms with E-state index in [9.17, 15) is 13.2 Å². The smallest absolute Gasteiger partial charge is 0.238 e. The number of benzene rings is 1. The summed E-state index contributed by atoms with van der Waals surface area (Å²) in [6, 6.07) is 7.81. The summed E-state index contributed by atoms with van der Waals surface area (Å²) in [6.45, 7) is 7.82. The summed E-state index contributed by atoms with van der Waals surface area (Å²) in [7, 11) is -0.321. The van der Waals surface area contributed by atoms with Crippen LogP contribution >= 0.6 is 11.3 Å². The van der Waals surface area contributed by atoms with Gasteiger partial charge in [-0.2, -0.15) is 4.31 Å². The molecule has 1 aliphatic heterocycles. The monoisotopic (exact) mass is 565 g/mol. The molecule has 0 radical (unpaired) electrons. The SMILES string of the molecule is CCCCS(=O)(=O)N(CCN1CCCC1)CC(=O)N(CCc1ccc(OC)c(OC)c1)Cc1sccc1C. The van der Waals surface area contributed by atoms with Crippen molar-refractivity contribution in [3.8, 4) is 11.5 Å². The fourth-order valence-electron chi connectivity index (χ4n) is 4.61. The number of hydrogen-bond donors (Lipinski definition) is 0. The Morgan fingerprint density at radius 1 is 1.08 bits per heavy atom. The zero-order valence-electron chi connectivity index (χ0n) is 23.3. The van der Waals surface area contributed by atoms with Crippen LogP contribution in [0.1, 0.15) is 48.6 Å². The first-order valence-corrected chi connectivity index (χ1v) is 16.0. The zero-order chi connectivity index (χ0) is 27.5. The van der Waals surface area contributed by atoms with Gasteiger partial charge in [-0.1, -0.05) is 19.4 Å². The van der Waals surface area contributed by atoms with Gasteiger partial charge in [0.05, 0.1) is 33.1 Å². The van der Waals surface area contributed by atoms with E-state index in [0.717, 1.165) is 48.4 Å². The fourth-order valence-corrected chi connectivity index (χ4v) is 7.11. The lowest BCUT2D eigenvalue weighted by atomic mass is 10.1. The first kappa shape index (κ1) is 30.4. The first-order valence-electron chi connectivity index (χ1n) is 13.5. The molecule has 0 bridgehead atoms. The van der Waals surface area contributed by atoms with Gasteiger partial charge < -0.3 is 19.3 Å². The molecule has 0 aliphatic carbocycles. The Bertz CT molecular complexity index is 1130. The number of amides is 1. The van der Waals surface area contributed by atoms with Crippen LogP contribution in [0.5, 0.6) is 11.5 Å².